The molecule has 35 heavy (non-hydrogen) atoms. The highest BCUT2D eigenvalue weighted by Gasteiger charge is 2.41. The average Bonchev–Trinajstić information content (AvgIpc) is 3.21. The Bertz CT molecular complexity index is 1000. The molecule has 1 aliphatic heterocycles. The van der Waals surface area contributed by atoms with Gasteiger partial charge in [0.1, 0.15) is 17.8 Å². The van der Waals surface area contributed by atoms with E-state index in [1.54, 1.807) is 0 Å². The number of primary amides is 1. The van der Waals surface area contributed by atoms with Crippen LogP contribution in [0.4, 0.5) is 19.0 Å². The number of anilines is 1. The number of carbonyl (C=O) groups is 1. The molecule has 3 N–H and O–H groups in total. The summed E-state index contributed by atoms with van der Waals surface area (Å²) in [6.07, 6.45) is 1.10. The van der Waals surface area contributed by atoms with Crippen LogP contribution in [0.15, 0.2) is 18.6 Å². The fourth-order valence-corrected chi connectivity index (χ4v) is 5.61. The van der Waals surface area contributed by atoms with E-state index >= 15 is 0 Å². The summed E-state index contributed by atoms with van der Waals surface area (Å²) in [5, 5.41) is 11.5. The number of hydrogen-bond acceptors (Lipinski definition) is 6. The SMILES string of the molecule is CCN(C[C@H]1CC[C@H](C(F)(F)F)CC1)c1ncnc2c1ccn2C[C@@H]1CCN(CC(N)=O)C[C@H]1O. The first-order chi connectivity index (χ1) is 16.7. The Labute approximate surface area is 203 Å². The molecule has 1 amide bonds. The number of halogens is 3. The number of β-amino-alcohol motifs (C(OH)–C–C–N with tert-alkyl or cyclic N) is 1. The lowest BCUT2D eigenvalue weighted by atomic mass is 9.81. The number of hydrogen-bond donors (Lipinski definition) is 2. The van der Waals surface area contributed by atoms with Gasteiger partial charge >= 0.3 is 6.18 Å². The van der Waals surface area contributed by atoms with Crippen molar-refractivity contribution in [2.75, 3.05) is 37.6 Å². The van der Waals surface area contributed by atoms with Crippen molar-refractivity contribution in [3.8, 4) is 0 Å². The number of rotatable bonds is 8. The van der Waals surface area contributed by atoms with E-state index in [1.165, 1.54) is 6.33 Å². The van der Waals surface area contributed by atoms with Crippen LogP contribution in [0.1, 0.15) is 39.0 Å². The number of amides is 1. The second-order valence-corrected chi connectivity index (χ2v) is 10.0. The molecule has 194 valence electrons. The number of aliphatic hydroxyl groups is 1. The first-order valence-electron chi connectivity index (χ1n) is 12.5. The van der Waals surface area contributed by atoms with Crippen molar-refractivity contribution in [1.82, 2.24) is 19.4 Å². The highest BCUT2D eigenvalue weighted by atomic mass is 19.4. The molecule has 2 aromatic heterocycles. The number of nitrogens with two attached hydrogens (primary N) is 1. The van der Waals surface area contributed by atoms with Gasteiger partial charge in [-0.25, -0.2) is 9.97 Å². The average molecular weight is 497 g/mol. The van der Waals surface area contributed by atoms with Gasteiger partial charge in [-0.3, -0.25) is 9.69 Å². The van der Waals surface area contributed by atoms with Crippen LogP contribution in [0.3, 0.4) is 0 Å². The van der Waals surface area contributed by atoms with Gasteiger partial charge in [0.2, 0.25) is 5.91 Å². The van der Waals surface area contributed by atoms with Crippen molar-refractivity contribution >= 4 is 22.8 Å². The summed E-state index contributed by atoms with van der Waals surface area (Å²) in [6, 6.07) is 1.97. The van der Waals surface area contributed by atoms with E-state index in [-0.39, 0.29) is 31.2 Å². The lowest BCUT2D eigenvalue weighted by molar-refractivity contribution is -0.183. The largest absolute Gasteiger partial charge is 0.391 e. The molecule has 0 aromatic carbocycles. The second-order valence-electron chi connectivity index (χ2n) is 10.0. The Morgan fingerprint density at radius 1 is 1.23 bits per heavy atom. The van der Waals surface area contributed by atoms with Gasteiger partial charge in [0, 0.05) is 38.3 Å². The van der Waals surface area contributed by atoms with Crippen molar-refractivity contribution < 1.29 is 23.1 Å². The van der Waals surface area contributed by atoms with Gasteiger partial charge in [0.05, 0.1) is 24.0 Å². The van der Waals surface area contributed by atoms with E-state index in [9.17, 15) is 23.1 Å². The lowest BCUT2D eigenvalue weighted by Crippen LogP contribution is -2.47. The van der Waals surface area contributed by atoms with Crippen LogP contribution >= 0.6 is 0 Å². The lowest BCUT2D eigenvalue weighted by Gasteiger charge is -2.35. The summed E-state index contributed by atoms with van der Waals surface area (Å²) in [6.45, 7) is 5.26. The third kappa shape index (κ3) is 6.06. The van der Waals surface area contributed by atoms with Crippen LogP contribution in [0.5, 0.6) is 0 Å². The molecule has 1 aliphatic carbocycles. The summed E-state index contributed by atoms with van der Waals surface area (Å²) in [5.41, 5.74) is 6.06. The highest BCUT2D eigenvalue weighted by molar-refractivity contribution is 5.87. The molecule has 0 bridgehead atoms. The maximum Gasteiger partial charge on any atom is 0.391 e. The van der Waals surface area contributed by atoms with Gasteiger partial charge in [-0.2, -0.15) is 13.2 Å². The molecule has 11 heteroatoms. The zero-order chi connectivity index (χ0) is 25.2. The molecule has 0 spiro atoms. The Balaban J connectivity index is 1.43. The summed E-state index contributed by atoms with van der Waals surface area (Å²) < 4.78 is 41.1. The Morgan fingerprint density at radius 2 is 1.97 bits per heavy atom. The number of aliphatic hydroxyl groups excluding tert-OH is 1. The molecular formula is C24H35F3N6O2. The Morgan fingerprint density at radius 3 is 2.60 bits per heavy atom. The predicted octanol–water partition coefficient (Wildman–Crippen LogP) is 2.79. The quantitative estimate of drug-likeness (QED) is 0.583. The van der Waals surface area contributed by atoms with Gasteiger partial charge in [-0.05, 0) is 57.6 Å². The third-order valence-corrected chi connectivity index (χ3v) is 7.62. The zero-order valence-corrected chi connectivity index (χ0v) is 20.1. The number of piperidine rings is 1. The molecule has 2 atom stereocenters. The minimum Gasteiger partial charge on any atom is -0.391 e. The van der Waals surface area contributed by atoms with Crippen molar-refractivity contribution in [1.29, 1.82) is 0 Å². The summed E-state index contributed by atoms with van der Waals surface area (Å²) in [7, 11) is 0. The number of alkyl halides is 3. The Kier molecular flexibility index (Phi) is 7.85. The van der Waals surface area contributed by atoms with E-state index in [1.807, 2.05) is 28.7 Å². The van der Waals surface area contributed by atoms with Crippen LogP contribution in [-0.4, -0.2) is 75.5 Å². The number of nitrogens with zero attached hydrogens (tertiary/aromatic N) is 5. The van der Waals surface area contributed by atoms with E-state index in [0.717, 1.165) is 23.3 Å². The molecule has 0 radical (unpaired) electrons. The summed E-state index contributed by atoms with van der Waals surface area (Å²) in [4.78, 5) is 24.2. The normalized spacial score (nSPS) is 26.2. The first kappa shape index (κ1) is 25.7. The summed E-state index contributed by atoms with van der Waals surface area (Å²) in [5.74, 6) is -0.538. The van der Waals surface area contributed by atoms with E-state index in [4.69, 9.17) is 5.73 Å². The third-order valence-electron chi connectivity index (χ3n) is 7.62. The maximum absolute atomic E-state index is 13.0. The maximum atomic E-state index is 13.0. The Hall–Kier alpha value is -2.40. The van der Waals surface area contributed by atoms with E-state index in [2.05, 4.69) is 14.9 Å². The molecule has 1 saturated carbocycles. The minimum absolute atomic E-state index is 0.0271. The van der Waals surface area contributed by atoms with E-state index in [0.29, 0.717) is 45.6 Å². The number of aromatic nitrogens is 3. The molecule has 8 nitrogen and oxygen atoms in total. The molecule has 1 saturated heterocycles. The smallest absolute Gasteiger partial charge is 0.391 e. The monoisotopic (exact) mass is 496 g/mol. The first-order valence-corrected chi connectivity index (χ1v) is 12.5. The number of likely N-dealkylation sites (tertiary alicyclic amines) is 1. The van der Waals surface area contributed by atoms with Gasteiger partial charge in [0.15, 0.2) is 0 Å². The number of fused-ring (bicyclic) bond motifs is 1. The van der Waals surface area contributed by atoms with Crippen molar-refractivity contribution in [2.24, 2.45) is 23.5 Å². The van der Waals surface area contributed by atoms with Gasteiger partial charge in [0.25, 0.3) is 0 Å². The zero-order valence-electron chi connectivity index (χ0n) is 20.1. The van der Waals surface area contributed by atoms with Crippen molar-refractivity contribution in [3.63, 3.8) is 0 Å². The molecule has 2 aromatic rings. The van der Waals surface area contributed by atoms with Gasteiger partial charge in [-0.15, -0.1) is 0 Å². The molecule has 3 heterocycles. The van der Waals surface area contributed by atoms with Crippen LogP contribution < -0.4 is 10.6 Å². The molecule has 4 rings (SSSR count). The van der Waals surface area contributed by atoms with Crippen molar-refractivity contribution in [3.05, 3.63) is 18.6 Å². The van der Waals surface area contributed by atoms with Crippen molar-refractivity contribution in [2.45, 2.75) is 57.9 Å². The molecule has 2 aliphatic rings. The van der Waals surface area contributed by atoms with Crippen LogP contribution in [-0.2, 0) is 11.3 Å². The minimum atomic E-state index is -4.09. The van der Waals surface area contributed by atoms with Crippen LogP contribution in [0, 0.1) is 17.8 Å². The van der Waals surface area contributed by atoms with Gasteiger partial charge in [-0.1, -0.05) is 0 Å². The molecule has 0 unspecified atom stereocenters. The van der Waals surface area contributed by atoms with Crippen LogP contribution in [0.2, 0.25) is 0 Å². The molecule has 2 fully saturated rings. The number of carbonyl (C=O) groups excluding carboxylic acids is 1. The summed E-state index contributed by atoms with van der Waals surface area (Å²) >= 11 is 0. The second kappa shape index (κ2) is 10.7. The fraction of sp³-hybridized carbons (Fsp3) is 0.708. The standard InChI is InChI=1S/C24H35F3N6O2/c1-2-32(11-16-3-5-18(6-4-16)24(25,26)27)22-19-8-10-33(23(19)30-15-29-22)12-17-7-9-31(13-20(17)34)14-21(28)35/h8,10,15-18,20,34H,2-7,9,11-14H2,1H3,(H2,28,35)/t16-,17-,18-,20+/m0/s1. The van der Waals surface area contributed by atoms with E-state index < -0.39 is 24.1 Å². The van der Waals surface area contributed by atoms with Crippen LogP contribution in [0.25, 0.3) is 11.0 Å². The topological polar surface area (TPSA) is 101 Å². The highest BCUT2D eigenvalue weighted by Crippen LogP contribution is 2.40. The van der Waals surface area contributed by atoms with Gasteiger partial charge < -0.3 is 20.3 Å². The fourth-order valence-electron chi connectivity index (χ4n) is 5.61. The predicted molar refractivity (Wildman–Crippen MR) is 127 cm³/mol. The molecular weight excluding hydrogens is 461 g/mol.